The minimum atomic E-state index is -0.677. The summed E-state index contributed by atoms with van der Waals surface area (Å²) < 4.78 is 6.01. The first-order chi connectivity index (χ1) is 14.6. The second-order valence-electron chi connectivity index (χ2n) is 11.4. The molecule has 7 nitrogen and oxygen atoms in total. The Hall–Kier alpha value is -1.63. The molecule has 2 amide bonds. The summed E-state index contributed by atoms with van der Waals surface area (Å²) in [5, 5.41) is 0. The molecule has 0 aromatic heterocycles. The minimum absolute atomic E-state index is 0.108. The maximum Gasteiger partial charge on any atom is 0.306 e. The van der Waals surface area contributed by atoms with E-state index in [1.165, 1.54) is 6.42 Å². The van der Waals surface area contributed by atoms with Crippen LogP contribution in [0, 0.1) is 28.6 Å². The number of piperazine rings is 1. The lowest BCUT2D eigenvalue weighted by Gasteiger charge is -2.58. The molecule has 2 N–H and O–H groups in total. The van der Waals surface area contributed by atoms with E-state index in [1.807, 2.05) is 18.7 Å². The van der Waals surface area contributed by atoms with Gasteiger partial charge < -0.3 is 20.3 Å². The normalized spacial score (nSPS) is 35.3. The number of carbonyl (C=O) groups excluding carboxylic acids is 3. The zero-order chi connectivity index (χ0) is 22.4. The average molecular weight is 434 g/mol. The fourth-order valence-electron chi connectivity index (χ4n) is 7.02. The van der Waals surface area contributed by atoms with Crippen LogP contribution in [-0.2, 0) is 19.1 Å². The van der Waals surface area contributed by atoms with Gasteiger partial charge >= 0.3 is 5.97 Å². The second-order valence-corrected chi connectivity index (χ2v) is 11.4. The Morgan fingerprint density at radius 2 is 1.61 bits per heavy atom. The second kappa shape index (κ2) is 8.38. The highest BCUT2D eigenvalue weighted by Gasteiger charge is 2.61. The molecule has 0 spiro atoms. The quantitative estimate of drug-likeness (QED) is 0.621. The van der Waals surface area contributed by atoms with Crippen molar-refractivity contribution in [3.8, 4) is 0 Å². The van der Waals surface area contributed by atoms with Crippen LogP contribution in [0.1, 0.15) is 65.7 Å². The van der Waals surface area contributed by atoms with Crippen LogP contribution < -0.4 is 5.73 Å². The number of ether oxygens (including phenoxy) is 1. The van der Waals surface area contributed by atoms with Crippen LogP contribution in [-0.4, -0.2) is 66.4 Å². The van der Waals surface area contributed by atoms with E-state index >= 15 is 0 Å². The number of hydrogen-bond donors (Lipinski definition) is 1. The highest BCUT2D eigenvalue weighted by molar-refractivity contribution is 5.83. The predicted octanol–water partition coefficient (Wildman–Crippen LogP) is 2.18. The lowest BCUT2D eigenvalue weighted by atomic mass is 9.48. The third-order valence-electron chi connectivity index (χ3n) is 8.39. The Morgan fingerprint density at radius 3 is 2.16 bits per heavy atom. The van der Waals surface area contributed by atoms with Crippen molar-refractivity contribution in [3.05, 3.63) is 0 Å². The van der Waals surface area contributed by atoms with Crippen molar-refractivity contribution in [2.24, 2.45) is 34.3 Å². The Morgan fingerprint density at radius 1 is 1.00 bits per heavy atom. The third-order valence-corrected chi connectivity index (χ3v) is 8.39. The molecule has 1 saturated heterocycles. The van der Waals surface area contributed by atoms with E-state index in [2.05, 4.69) is 11.8 Å². The van der Waals surface area contributed by atoms with Crippen molar-refractivity contribution in [1.82, 2.24) is 9.80 Å². The largest absolute Gasteiger partial charge is 0.461 e. The first-order valence-corrected chi connectivity index (χ1v) is 12.1. The Kier molecular flexibility index (Phi) is 6.10. The zero-order valence-corrected chi connectivity index (χ0v) is 19.4. The van der Waals surface area contributed by atoms with Crippen molar-refractivity contribution in [3.63, 3.8) is 0 Å². The minimum Gasteiger partial charge on any atom is -0.461 e. The Bertz CT molecular complexity index is 714. The number of nitrogens with two attached hydrogens (primary N) is 1. The molecular formula is C24H39N3O4. The van der Waals surface area contributed by atoms with Crippen molar-refractivity contribution in [2.75, 3.05) is 32.7 Å². The van der Waals surface area contributed by atoms with Crippen LogP contribution in [0.5, 0.6) is 0 Å². The highest BCUT2D eigenvalue weighted by atomic mass is 16.5. The maximum atomic E-state index is 12.9. The summed E-state index contributed by atoms with van der Waals surface area (Å²) in [7, 11) is 0. The molecule has 5 fully saturated rings. The first-order valence-electron chi connectivity index (χ1n) is 12.1. The number of rotatable bonds is 7. The maximum absolute atomic E-state index is 12.9. The van der Waals surface area contributed by atoms with Gasteiger partial charge in [0.25, 0.3) is 0 Å². The van der Waals surface area contributed by atoms with Crippen molar-refractivity contribution in [1.29, 1.82) is 0 Å². The summed E-state index contributed by atoms with van der Waals surface area (Å²) in [6.07, 6.45) is 4.90. The summed E-state index contributed by atoms with van der Waals surface area (Å²) in [5.41, 5.74) is 4.71. The molecule has 1 aliphatic heterocycles. The summed E-state index contributed by atoms with van der Waals surface area (Å²) in [4.78, 5) is 42.5. The lowest BCUT2D eigenvalue weighted by Crippen LogP contribution is -2.62. The summed E-state index contributed by atoms with van der Waals surface area (Å²) >= 11 is 0. The predicted molar refractivity (Wildman–Crippen MR) is 117 cm³/mol. The summed E-state index contributed by atoms with van der Waals surface area (Å²) in [6, 6.07) is 0. The molecule has 4 aliphatic carbocycles. The van der Waals surface area contributed by atoms with Crippen LogP contribution in [0.4, 0.5) is 0 Å². The number of nitrogens with zero attached hydrogens (tertiary/aromatic N) is 2. The molecule has 5 rings (SSSR count). The van der Waals surface area contributed by atoms with Crippen molar-refractivity contribution in [2.45, 2.75) is 71.8 Å². The van der Waals surface area contributed by atoms with E-state index in [1.54, 1.807) is 0 Å². The molecule has 0 radical (unpaired) electrons. The fraction of sp³-hybridized carbons (Fsp3) is 0.875. The molecule has 31 heavy (non-hydrogen) atoms. The van der Waals surface area contributed by atoms with Crippen LogP contribution in [0.15, 0.2) is 0 Å². The molecule has 0 aromatic rings. The van der Waals surface area contributed by atoms with Gasteiger partial charge in [-0.05, 0) is 61.8 Å². The standard InChI is InChI=1S/C24H39N3O4/c1-4-26-5-7-27(8-6-26)19(28)14-23(2,3)15-20(29)31-21-18-10-16-9-17(11-18)13-24(21,12-16)22(25)30/h16-18,21H,4-15H2,1-3H3,(H2,25,30). The number of esters is 1. The number of carbonyl (C=O) groups is 3. The summed E-state index contributed by atoms with van der Waals surface area (Å²) in [5.74, 6) is 0.847. The van der Waals surface area contributed by atoms with Gasteiger partial charge in [-0.2, -0.15) is 0 Å². The zero-order valence-electron chi connectivity index (χ0n) is 19.4. The Balaban J connectivity index is 1.34. The van der Waals surface area contributed by atoms with Crippen LogP contribution in [0.25, 0.3) is 0 Å². The third kappa shape index (κ3) is 4.48. The van der Waals surface area contributed by atoms with Crippen LogP contribution in [0.2, 0.25) is 0 Å². The number of hydrogen-bond acceptors (Lipinski definition) is 5. The molecule has 5 aliphatic rings. The number of primary amides is 1. The molecule has 174 valence electrons. The number of likely N-dealkylation sites (N-methyl/N-ethyl adjacent to an activating group) is 1. The van der Waals surface area contributed by atoms with Gasteiger partial charge in [0.15, 0.2) is 0 Å². The topological polar surface area (TPSA) is 92.9 Å². The smallest absolute Gasteiger partial charge is 0.306 e. The summed E-state index contributed by atoms with van der Waals surface area (Å²) in [6.45, 7) is 10.4. The first kappa shape index (κ1) is 22.6. The fourth-order valence-corrected chi connectivity index (χ4v) is 7.02. The van der Waals surface area contributed by atoms with E-state index in [9.17, 15) is 14.4 Å². The van der Waals surface area contributed by atoms with E-state index in [-0.39, 0.29) is 36.2 Å². The SMILES string of the molecule is CCN1CCN(C(=O)CC(C)(C)CC(=O)OC2C3CC4CC(C3)CC2(C(N)=O)C4)CC1. The molecular weight excluding hydrogens is 394 g/mol. The van der Waals surface area contributed by atoms with Gasteiger partial charge in [0.05, 0.1) is 11.8 Å². The molecule has 3 unspecified atom stereocenters. The van der Waals surface area contributed by atoms with Gasteiger partial charge in [0, 0.05) is 32.6 Å². The van der Waals surface area contributed by atoms with Crippen LogP contribution in [0.3, 0.4) is 0 Å². The highest BCUT2D eigenvalue weighted by Crippen LogP contribution is 2.61. The Labute approximate surface area is 186 Å². The molecule has 7 heteroatoms. The van der Waals surface area contributed by atoms with Crippen LogP contribution >= 0.6 is 0 Å². The van der Waals surface area contributed by atoms with E-state index in [4.69, 9.17) is 10.5 Å². The molecule has 1 heterocycles. The number of amides is 2. The van der Waals surface area contributed by atoms with Gasteiger partial charge in [-0.1, -0.05) is 20.8 Å². The van der Waals surface area contributed by atoms with Gasteiger partial charge in [-0.15, -0.1) is 0 Å². The van der Waals surface area contributed by atoms with Crippen molar-refractivity contribution < 1.29 is 19.1 Å². The van der Waals surface area contributed by atoms with E-state index in [0.29, 0.717) is 18.3 Å². The van der Waals surface area contributed by atoms with Crippen molar-refractivity contribution >= 4 is 17.8 Å². The molecule has 3 atom stereocenters. The monoisotopic (exact) mass is 433 g/mol. The average Bonchev–Trinajstić information content (AvgIpc) is 2.69. The molecule has 4 bridgehead atoms. The molecule has 4 saturated carbocycles. The lowest BCUT2D eigenvalue weighted by molar-refractivity contribution is -0.197. The van der Waals surface area contributed by atoms with Gasteiger partial charge in [0.1, 0.15) is 6.10 Å². The van der Waals surface area contributed by atoms with E-state index < -0.39 is 10.8 Å². The van der Waals surface area contributed by atoms with Gasteiger partial charge in [0.2, 0.25) is 11.8 Å². The van der Waals surface area contributed by atoms with Gasteiger partial charge in [-0.3, -0.25) is 14.4 Å². The van der Waals surface area contributed by atoms with E-state index in [0.717, 1.165) is 58.4 Å². The molecule has 0 aromatic carbocycles. The van der Waals surface area contributed by atoms with Gasteiger partial charge in [-0.25, -0.2) is 0 Å².